The Balaban J connectivity index is 0.000000147. The molecule has 17 rings (SSSR count). The number of nitrogen functional groups attached to an aromatic ring is 2. The van der Waals surface area contributed by atoms with Crippen LogP contribution in [-0.2, 0) is 4.74 Å². The van der Waals surface area contributed by atoms with Crippen molar-refractivity contribution in [1.82, 2.24) is 32.8 Å². The summed E-state index contributed by atoms with van der Waals surface area (Å²) in [5.74, 6) is -17.5. The maximum Gasteiger partial charge on any atom is 0.343 e. The van der Waals surface area contributed by atoms with Gasteiger partial charge >= 0.3 is 29.8 Å². The number of carbonyl (C=O) groups is 5. The van der Waals surface area contributed by atoms with E-state index >= 15 is 4.39 Å². The number of halogens is 9. The van der Waals surface area contributed by atoms with Gasteiger partial charge in [-0.3, -0.25) is 24.0 Å². The summed E-state index contributed by atoms with van der Waals surface area (Å²) < 4.78 is 166. The van der Waals surface area contributed by atoms with Crippen LogP contribution in [0.2, 0.25) is 0 Å². The van der Waals surface area contributed by atoms with Gasteiger partial charge < -0.3 is 121 Å². The van der Waals surface area contributed by atoms with Crippen molar-refractivity contribution in [1.29, 1.82) is 0 Å². The Bertz CT molecular complexity index is 6840. The fourth-order valence-corrected chi connectivity index (χ4v) is 15.1. The van der Waals surface area contributed by atoms with Crippen LogP contribution in [0.1, 0.15) is 146 Å². The molecular weight excluding hydrogens is 1770 g/mol. The van der Waals surface area contributed by atoms with E-state index in [1.807, 2.05) is 36.4 Å². The van der Waals surface area contributed by atoms with Crippen LogP contribution in [0.5, 0.6) is 28.7 Å². The van der Waals surface area contributed by atoms with Gasteiger partial charge in [0.1, 0.15) is 67.2 Å². The summed E-state index contributed by atoms with van der Waals surface area (Å²) in [6.45, 7) is 2.22. The highest BCUT2D eigenvalue weighted by atomic mass is 19.2. The number of carbonyl (C=O) groups excluding carboxylic acids is 1. The lowest BCUT2D eigenvalue weighted by Gasteiger charge is -2.21. The second-order valence-electron chi connectivity index (χ2n) is 30.5. The van der Waals surface area contributed by atoms with Crippen molar-refractivity contribution >= 4 is 130 Å². The first-order valence-corrected chi connectivity index (χ1v) is 40.9. The van der Waals surface area contributed by atoms with Gasteiger partial charge in [-0.05, 0) is 88.5 Å². The number of nitrogens with zero attached hydrogens (tertiary/aromatic N) is 7. The number of rotatable bonds is 26. The number of nitrogens with two attached hydrogens (primary N) is 3. The summed E-state index contributed by atoms with van der Waals surface area (Å²) in [5, 5.41) is 52.8. The number of benzene rings is 5. The van der Waals surface area contributed by atoms with Crippen molar-refractivity contribution in [3.8, 4) is 28.7 Å². The summed E-state index contributed by atoms with van der Waals surface area (Å²) in [6, 6.07) is 11.0. The summed E-state index contributed by atoms with van der Waals surface area (Å²) in [5.41, 5.74) is 8.27. The van der Waals surface area contributed by atoms with Crippen LogP contribution in [0.15, 0.2) is 104 Å². The fraction of sp³-hybridized carbons (Fsp3) is 0.318. The number of methoxy groups -OCH3 is 6. The van der Waals surface area contributed by atoms with Crippen LogP contribution >= 0.6 is 0 Å². The molecule has 16 N–H and O–H groups in total. The van der Waals surface area contributed by atoms with Gasteiger partial charge in [-0.2, -0.15) is 17.6 Å². The largest absolute Gasteiger partial charge is 0.492 e. The van der Waals surface area contributed by atoms with Crippen LogP contribution < -0.4 is 99.9 Å². The number of esters is 1. The summed E-state index contributed by atoms with van der Waals surface area (Å²) in [4.78, 5) is 128. The monoisotopic (exact) mass is 1860 g/mol. The molecule has 0 atom stereocenters. The number of hydrogen-bond donors (Lipinski definition) is 13. The Morgan fingerprint density at radius 3 is 0.895 bits per heavy atom. The second kappa shape index (κ2) is 40.3. The third-order valence-corrected chi connectivity index (χ3v) is 22.0. The van der Waals surface area contributed by atoms with Crippen molar-refractivity contribution in [2.75, 3.05) is 133 Å². The van der Waals surface area contributed by atoms with Gasteiger partial charge in [-0.1, -0.05) is 12.1 Å². The molecule has 45 heteroatoms. The summed E-state index contributed by atoms with van der Waals surface area (Å²) in [7, 11) is 11.4. The van der Waals surface area contributed by atoms with E-state index in [0.29, 0.717) is 31.0 Å². The number of aromatic nitrogens is 7. The molecule has 0 amide bonds. The molecule has 133 heavy (non-hydrogen) atoms. The van der Waals surface area contributed by atoms with Crippen molar-refractivity contribution in [3.05, 3.63) is 211 Å². The lowest BCUT2D eigenvalue weighted by molar-refractivity contribution is 0.0595. The molecule has 7 heterocycles. The van der Waals surface area contributed by atoms with Gasteiger partial charge in [-0.15, -0.1) is 0 Å². The molecule has 0 aliphatic heterocycles. The van der Waals surface area contributed by atoms with Crippen LogP contribution in [0.3, 0.4) is 0 Å². The van der Waals surface area contributed by atoms with Crippen LogP contribution in [-0.4, -0.2) is 173 Å². The fourth-order valence-electron chi connectivity index (χ4n) is 15.1. The lowest BCUT2D eigenvalue weighted by atomic mass is 10.1. The quantitative estimate of drug-likeness (QED) is 0.0104. The molecule has 704 valence electrons. The molecule has 0 saturated heterocycles. The molecule has 7 aromatic heterocycles. The SMILES string of the molecule is CNc1c(F)c(F)c(OC)c2c1c(=O)c(C(=O)O)cn2C1CC1.CNc1c(F)c(F)c(OC)c2c1c(=O)c(C(=O)OC)cn2C1CC1.CNc1c(F)c(NCCNc2ccccn2)c(OC)c2c1c(=O)c(C(=O)O)cn2C1CC1.COc1c(F)c(F)c(N)c2c(=O)c(C(=O)O)cn(C3CC3)c12.COc1c(F)c(F)c(N)c2c(=O)c(C(=O)O)cn(C3CC3)c12.NCCNc1ccccn1. The number of fused-ring (bicyclic) bond motifs is 5. The number of pyridine rings is 7. The van der Waals surface area contributed by atoms with Gasteiger partial charge in [0.15, 0.2) is 57.8 Å². The van der Waals surface area contributed by atoms with Gasteiger partial charge in [0.05, 0.1) is 104 Å². The first-order chi connectivity index (χ1) is 63.5. The topological polar surface area (TPSA) is 508 Å². The molecular formula is C88H89F9N16O20. The first kappa shape index (κ1) is 96.6. The predicted molar refractivity (Wildman–Crippen MR) is 474 cm³/mol. The zero-order chi connectivity index (χ0) is 96.9. The number of ether oxygens (including phenoxy) is 6. The first-order valence-electron chi connectivity index (χ1n) is 40.9. The van der Waals surface area contributed by atoms with Crippen LogP contribution in [0.4, 0.5) is 85.3 Å². The van der Waals surface area contributed by atoms with Crippen LogP contribution in [0.25, 0.3) is 54.5 Å². The molecule has 5 fully saturated rings. The van der Waals surface area contributed by atoms with E-state index in [1.165, 1.54) is 74.8 Å². The smallest absolute Gasteiger partial charge is 0.343 e. The van der Waals surface area contributed by atoms with E-state index in [-0.39, 0.29) is 119 Å². The highest BCUT2D eigenvalue weighted by Gasteiger charge is 2.39. The number of nitrogens with one attached hydrogen (secondary N) is 6. The third kappa shape index (κ3) is 18.9. The summed E-state index contributed by atoms with van der Waals surface area (Å²) in [6.07, 6.45) is 17.2. The predicted octanol–water partition coefficient (Wildman–Crippen LogP) is 12.2. The molecule has 12 aromatic rings. The van der Waals surface area contributed by atoms with Gasteiger partial charge in [0.2, 0.25) is 50.4 Å². The van der Waals surface area contributed by atoms with Crippen molar-refractivity contribution in [3.63, 3.8) is 0 Å². The van der Waals surface area contributed by atoms with Gasteiger partial charge in [0.25, 0.3) is 0 Å². The maximum atomic E-state index is 15.5. The Labute approximate surface area is 745 Å². The Morgan fingerprint density at radius 2 is 0.624 bits per heavy atom. The Hall–Kier alpha value is -15.5. The van der Waals surface area contributed by atoms with Crippen LogP contribution in [0, 0.1) is 52.4 Å². The minimum atomic E-state index is -1.45. The third-order valence-electron chi connectivity index (χ3n) is 22.0. The van der Waals surface area contributed by atoms with Crippen molar-refractivity contribution in [2.45, 2.75) is 94.4 Å². The highest BCUT2D eigenvalue weighted by molar-refractivity contribution is 6.06. The Kier molecular flexibility index (Phi) is 29.3. The average Bonchev–Trinajstić information content (AvgIpc) is 1.58. The van der Waals surface area contributed by atoms with Crippen molar-refractivity contribution in [2.24, 2.45) is 5.73 Å². The number of carboxylic acid groups (broad SMARTS) is 4. The number of aromatic carboxylic acids is 4. The summed E-state index contributed by atoms with van der Waals surface area (Å²) >= 11 is 0. The average molecular weight is 1860 g/mol. The van der Waals surface area contributed by atoms with E-state index in [0.717, 1.165) is 110 Å². The van der Waals surface area contributed by atoms with E-state index in [2.05, 4.69) is 46.6 Å². The molecule has 0 spiro atoms. The molecule has 0 bridgehead atoms. The maximum absolute atomic E-state index is 15.5. The molecule has 36 nitrogen and oxygen atoms in total. The van der Waals surface area contributed by atoms with E-state index in [9.17, 15) is 93.3 Å². The molecule has 5 saturated carbocycles. The molecule has 0 radical (unpaired) electrons. The van der Waals surface area contributed by atoms with E-state index in [1.54, 1.807) is 21.5 Å². The minimum Gasteiger partial charge on any atom is -0.492 e. The number of carboxylic acids is 4. The molecule has 5 aliphatic rings. The van der Waals surface area contributed by atoms with Gasteiger partial charge in [0, 0.05) is 121 Å². The van der Waals surface area contributed by atoms with Crippen molar-refractivity contribution < 1.29 is 112 Å². The normalized spacial score (nSPS) is 13.5. The van der Waals surface area contributed by atoms with Gasteiger partial charge in [-0.25, -0.2) is 55.9 Å². The zero-order valence-corrected chi connectivity index (χ0v) is 72.4. The minimum absolute atomic E-state index is 0.0139. The number of anilines is 8. The second-order valence-corrected chi connectivity index (χ2v) is 30.5. The van der Waals surface area contributed by atoms with E-state index in [4.69, 9.17) is 51.1 Å². The standard InChI is InChI=1S/C22H24FN5O4.C16H16F2N2O4.C15H14F2N2O4.2C14H12F2N2O4.C7H11N3/c1-24-17-15-19(28(12-6-7-12)11-13(20(15)29)22(30)31)21(32-2)18(16(17)23)27-10-9-26-14-5-3-4-8-25-14;1-19-12-9-13(15(23-2)11(18)10(12)17)20(7-4-5-7)6-8(14(9)21)16(22)24-3;1-18-11-8-12(14(23-2)10(17)9(11)16)19(6-3-4-6)5-7(13(8)20)15(21)22;2*1-22-13-9(16)8(15)10(17)7-11(13)18(5-2-3-5)4-6(12(7)19)14(20)21;8-4-6-10-7-3-1-2-5-9-7/h3-5,8,11-12,24,27H,6-7,9-10H2,1-2H3,(H,25,26)(H,30,31);6-7,19H,4-5H2,1-3H3;5-6,18H,3-4H2,1-2H3,(H,21,22);2*4-5H,2-3,17H2,1H3,(H,20,21);1-3,5H,4,6,8H2,(H,9,10). The zero-order valence-electron chi connectivity index (χ0n) is 72.4. The Morgan fingerprint density at radius 1 is 0.361 bits per heavy atom. The molecule has 0 unspecified atom stereocenters. The highest BCUT2D eigenvalue weighted by Crippen LogP contribution is 2.50. The molecule has 5 aliphatic carbocycles. The molecule has 5 aromatic carbocycles. The number of hydrogen-bond acceptors (Lipinski definition) is 27. The van der Waals surface area contributed by atoms with E-state index < -0.39 is 160 Å². The lowest BCUT2D eigenvalue weighted by Crippen LogP contribution is -2.22.